The van der Waals surface area contributed by atoms with Crippen LogP contribution in [0.5, 0.6) is 0 Å². The highest BCUT2D eigenvalue weighted by molar-refractivity contribution is 7.89. The molecule has 1 aromatic carbocycles. The van der Waals surface area contributed by atoms with Gasteiger partial charge in [-0.25, -0.2) is 8.42 Å². The largest absolute Gasteiger partial charge is 0.398 e. The first-order valence-corrected chi connectivity index (χ1v) is 8.46. The number of halogens is 1. The molecule has 5 nitrogen and oxygen atoms in total. The van der Waals surface area contributed by atoms with E-state index in [-0.39, 0.29) is 23.2 Å². The summed E-state index contributed by atoms with van der Waals surface area (Å²) in [6.45, 7) is 0.431. The summed E-state index contributed by atoms with van der Waals surface area (Å²) in [6.07, 6.45) is 3.00. The summed E-state index contributed by atoms with van der Waals surface area (Å²) in [4.78, 5) is 0.0508. The zero-order valence-corrected chi connectivity index (χ0v) is 12.7. The average Bonchev–Trinajstić information content (AvgIpc) is 2.42. The van der Waals surface area contributed by atoms with Gasteiger partial charge in [0.15, 0.2) is 0 Å². The molecule has 1 aliphatic heterocycles. The minimum atomic E-state index is -3.67. The number of hydrogen-bond donors (Lipinski definition) is 2. The van der Waals surface area contributed by atoms with Gasteiger partial charge in [-0.3, -0.25) is 0 Å². The highest BCUT2D eigenvalue weighted by Crippen LogP contribution is 2.31. The lowest BCUT2D eigenvalue weighted by molar-refractivity contribution is 0.192. The van der Waals surface area contributed by atoms with Crippen molar-refractivity contribution in [2.75, 3.05) is 18.9 Å². The van der Waals surface area contributed by atoms with Gasteiger partial charge in [-0.2, -0.15) is 4.31 Å². The lowest BCUT2D eigenvalue weighted by Gasteiger charge is -2.34. The van der Waals surface area contributed by atoms with Crippen molar-refractivity contribution in [1.29, 1.82) is 0 Å². The maximum Gasteiger partial charge on any atom is 0.245 e. The topological polar surface area (TPSA) is 83.6 Å². The van der Waals surface area contributed by atoms with Crippen molar-refractivity contribution >= 4 is 27.3 Å². The number of nitrogen functional groups attached to an aromatic ring is 1. The van der Waals surface area contributed by atoms with Crippen LogP contribution < -0.4 is 5.73 Å². The van der Waals surface area contributed by atoms with Gasteiger partial charge in [0.05, 0.1) is 5.69 Å². The third kappa shape index (κ3) is 3.09. The molecule has 0 aromatic heterocycles. The smallest absolute Gasteiger partial charge is 0.245 e. The number of benzene rings is 1. The van der Waals surface area contributed by atoms with Gasteiger partial charge in [0.2, 0.25) is 10.0 Å². The summed E-state index contributed by atoms with van der Waals surface area (Å²) in [6, 6.07) is 4.28. The van der Waals surface area contributed by atoms with Crippen molar-refractivity contribution < 1.29 is 13.5 Å². The molecule has 1 aliphatic rings. The van der Waals surface area contributed by atoms with Crippen LogP contribution in [-0.2, 0) is 10.0 Å². The molecule has 7 heteroatoms. The Kier molecular flexibility index (Phi) is 4.90. The minimum absolute atomic E-state index is 0.0261. The van der Waals surface area contributed by atoms with E-state index in [1.165, 1.54) is 16.4 Å². The van der Waals surface area contributed by atoms with Crippen molar-refractivity contribution in [2.24, 2.45) is 0 Å². The average molecular weight is 319 g/mol. The fourth-order valence-electron chi connectivity index (χ4n) is 2.59. The summed E-state index contributed by atoms with van der Waals surface area (Å²) in [7, 11) is -3.67. The van der Waals surface area contributed by atoms with Crippen molar-refractivity contribution in [1.82, 2.24) is 4.31 Å². The lowest BCUT2D eigenvalue weighted by Crippen LogP contribution is -2.44. The molecule has 0 bridgehead atoms. The van der Waals surface area contributed by atoms with Crippen LogP contribution in [0.25, 0.3) is 0 Å². The molecule has 3 N–H and O–H groups in total. The third-order valence-corrected chi connectivity index (χ3v) is 5.84. The van der Waals surface area contributed by atoms with Crippen molar-refractivity contribution in [2.45, 2.75) is 36.6 Å². The van der Waals surface area contributed by atoms with Crippen LogP contribution >= 0.6 is 11.6 Å². The predicted molar refractivity (Wildman–Crippen MR) is 79.1 cm³/mol. The van der Waals surface area contributed by atoms with Gasteiger partial charge in [-0.1, -0.05) is 18.0 Å². The zero-order chi connectivity index (χ0) is 14.8. The van der Waals surface area contributed by atoms with Crippen LogP contribution in [0, 0.1) is 0 Å². The number of piperidine rings is 1. The fourth-order valence-corrected chi connectivity index (χ4v) is 4.69. The Balaban J connectivity index is 2.39. The molecule has 20 heavy (non-hydrogen) atoms. The quantitative estimate of drug-likeness (QED) is 0.830. The van der Waals surface area contributed by atoms with Crippen LogP contribution in [0.15, 0.2) is 23.1 Å². The summed E-state index contributed by atoms with van der Waals surface area (Å²) in [5.74, 6) is 0. The number of aliphatic hydroxyl groups excluding tert-OH is 1. The molecule has 0 aliphatic carbocycles. The molecular weight excluding hydrogens is 300 g/mol. The fraction of sp³-hybridized carbons (Fsp3) is 0.538. The monoisotopic (exact) mass is 318 g/mol. The Morgan fingerprint density at radius 1 is 1.40 bits per heavy atom. The highest BCUT2D eigenvalue weighted by Gasteiger charge is 2.34. The van der Waals surface area contributed by atoms with Crippen LogP contribution in [-0.4, -0.2) is 37.0 Å². The number of nitrogens with two attached hydrogens (primary N) is 1. The van der Waals surface area contributed by atoms with E-state index in [0.717, 1.165) is 19.3 Å². The Morgan fingerprint density at radius 2 is 2.15 bits per heavy atom. The second kappa shape index (κ2) is 6.30. The van der Waals surface area contributed by atoms with Gasteiger partial charge < -0.3 is 10.8 Å². The number of anilines is 1. The maximum absolute atomic E-state index is 12.8. The molecule has 0 amide bonds. The molecule has 1 heterocycles. The molecule has 112 valence electrons. The first kappa shape index (κ1) is 15.6. The van der Waals surface area contributed by atoms with E-state index in [0.29, 0.717) is 18.0 Å². The Hall–Kier alpha value is -0.820. The van der Waals surface area contributed by atoms with Crippen LogP contribution in [0.1, 0.15) is 25.7 Å². The number of hydrogen-bond acceptors (Lipinski definition) is 4. The van der Waals surface area contributed by atoms with Gasteiger partial charge in [0.25, 0.3) is 0 Å². The standard InChI is InChI=1S/C13H19ClN2O3S/c14-10-4-5-12(15)13(9-10)20(18,19)16-7-2-1-3-11(16)6-8-17/h4-5,9,11,17H,1-3,6-8,15H2. The van der Waals surface area contributed by atoms with Crippen molar-refractivity contribution in [3.05, 3.63) is 23.2 Å². The molecule has 2 rings (SSSR count). The Morgan fingerprint density at radius 3 is 2.85 bits per heavy atom. The van der Waals surface area contributed by atoms with Crippen molar-refractivity contribution in [3.8, 4) is 0 Å². The molecule has 1 unspecified atom stereocenters. The number of nitrogens with zero attached hydrogens (tertiary/aromatic N) is 1. The van der Waals surface area contributed by atoms with Gasteiger partial charge >= 0.3 is 0 Å². The normalized spacial score (nSPS) is 21.0. The molecule has 1 saturated heterocycles. The van der Waals surface area contributed by atoms with E-state index in [4.69, 9.17) is 22.4 Å². The second-order valence-corrected chi connectivity index (χ2v) is 7.26. The molecule has 0 radical (unpaired) electrons. The molecular formula is C13H19ClN2O3S. The lowest BCUT2D eigenvalue weighted by atomic mass is 10.0. The predicted octanol–water partition coefficient (Wildman–Crippen LogP) is 1.85. The number of rotatable bonds is 4. The maximum atomic E-state index is 12.8. The van der Waals surface area contributed by atoms with Crippen LogP contribution in [0.4, 0.5) is 5.69 Å². The summed E-state index contributed by atoms with van der Waals surface area (Å²) in [5.41, 5.74) is 5.98. The van der Waals surface area contributed by atoms with Gasteiger partial charge in [-0.05, 0) is 37.5 Å². The summed E-state index contributed by atoms with van der Waals surface area (Å²) >= 11 is 5.88. The molecule has 1 aromatic rings. The Bertz CT molecular complexity index is 575. The van der Waals surface area contributed by atoms with Crippen molar-refractivity contribution in [3.63, 3.8) is 0 Å². The molecule has 0 saturated carbocycles. The molecule has 1 fully saturated rings. The number of aliphatic hydroxyl groups is 1. The van der Waals surface area contributed by atoms with Crippen LogP contribution in [0.2, 0.25) is 5.02 Å². The third-order valence-electron chi connectivity index (χ3n) is 3.60. The SMILES string of the molecule is Nc1ccc(Cl)cc1S(=O)(=O)N1CCCCC1CCO. The molecule has 0 spiro atoms. The van der Waals surface area contributed by atoms with E-state index in [2.05, 4.69) is 0 Å². The second-order valence-electron chi connectivity index (χ2n) is 4.96. The first-order valence-electron chi connectivity index (χ1n) is 6.64. The molecule has 1 atom stereocenters. The van der Waals surface area contributed by atoms with E-state index in [1.807, 2.05) is 0 Å². The van der Waals surface area contributed by atoms with E-state index in [1.54, 1.807) is 6.07 Å². The number of sulfonamides is 1. The zero-order valence-electron chi connectivity index (χ0n) is 11.1. The first-order chi connectivity index (χ1) is 9.46. The van der Waals surface area contributed by atoms with E-state index >= 15 is 0 Å². The van der Waals surface area contributed by atoms with Crippen LogP contribution in [0.3, 0.4) is 0 Å². The van der Waals surface area contributed by atoms with E-state index in [9.17, 15) is 8.42 Å². The summed E-state index contributed by atoms with van der Waals surface area (Å²) < 4.78 is 27.0. The van der Waals surface area contributed by atoms with Gasteiger partial charge in [0.1, 0.15) is 4.90 Å². The summed E-state index contributed by atoms with van der Waals surface area (Å²) in [5, 5.41) is 9.45. The van der Waals surface area contributed by atoms with E-state index < -0.39 is 10.0 Å². The Labute approximate surface area is 124 Å². The minimum Gasteiger partial charge on any atom is -0.398 e. The highest BCUT2D eigenvalue weighted by atomic mass is 35.5. The van der Waals surface area contributed by atoms with Gasteiger partial charge in [0, 0.05) is 24.2 Å². The van der Waals surface area contributed by atoms with Gasteiger partial charge in [-0.15, -0.1) is 0 Å².